The minimum atomic E-state index is -9.86. The molecule has 0 atom stereocenters. The second-order valence-corrected chi connectivity index (χ2v) is 6.75. The minimum absolute atomic E-state index is 0.0553. The van der Waals surface area contributed by atoms with E-state index in [2.05, 4.69) is 20.9 Å². The van der Waals surface area contributed by atoms with Crippen LogP contribution in [-0.2, 0) is 0 Å². The first-order chi connectivity index (χ1) is 7.38. The minimum Gasteiger partial charge on any atom is -0.242 e. The van der Waals surface area contributed by atoms with Crippen molar-refractivity contribution in [1.82, 2.24) is 4.98 Å². The van der Waals surface area contributed by atoms with Gasteiger partial charge in [-0.3, -0.25) is 0 Å². The highest BCUT2D eigenvalue weighted by Crippen LogP contribution is 3.04. The maximum Gasteiger partial charge on any atom is 0.319 e. The molecule has 1 nitrogen and oxygen atoms in total. The quantitative estimate of drug-likeness (QED) is 0.631. The fourth-order valence-electron chi connectivity index (χ4n) is 0.852. The molecule has 0 unspecified atom stereocenters. The number of hydrogen-bond acceptors (Lipinski definition) is 1. The van der Waals surface area contributed by atoms with E-state index >= 15 is 0 Å². The van der Waals surface area contributed by atoms with Crippen molar-refractivity contribution >= 4 is 25.8 Å². The van der Waals surface area contributed by atoms with E-state index < -0.39 is 26.1 Å². The van der Waals surface area contributed by atoms with Gasteiger partial charge in [0.25, 0.3) is 15.0 Å². The number of nitrogens with zero attached hydrogens (tertiary/aromatic N) is 1. The van der Waals surface area contributed by atoms with Crippen molar-refractivity contribution in [3.63, 3.8) is 0 Å². The highest BCUT2D eigenvalue weighted by Gasteiger charge is 2.72. The maximum atomic E-state index is 13.1. The summed E-state index contributed by atoms with van der Waals surface area (Å²) in [6.45, 7) is 0. The second kappa shape index (κ2) is 3.37. The van der Waals surface area contributed by atoms with E-state index in [0.29, 0.717) is 12.3 Å². The molecule has 0 saturated carbocycles. The predicted octanol–water partition coefficient (Wildman–Crippen LogP) is 5.65. The van der Waals surface area contributed by atoms with Crippen molar-refractivity contribution in [2.75, 3.05) is 0 Å². The maximum absolute atomic E-state index is 13.1. The van der Waals surface area contributed by atoms with Crippen LogP contribution >= 0.6 is 25.8 Å². The summed E-state index contributed by atoms with van der Waals surface area (Å²) in [6, 6.07) is 0.790. The standard InChI is InChI=1S/C7H3BrF7NS/c8-4-1-2-5(16-3-4)17(12,13,14,15)7(11)6(9)10/h1-3H. The van der Waals surface area contributed by atoms with Gasteiger partial charge in [0.1, 0.15) is 0 Å². The van der Waals surface area contributed by atoms with Crippen LogP contribution in [0, 0.1) is 0 Å². The lowest BCUT2D eigenvalue weighted by molar-refractivity contribution is 0.362. The first-order valence-corrected chi connectivity index (χ1v) is 6.56. The molecule has 0 amide bonds. The van der Waals surface area contributed by atoms with Gasteiger partial charge in [-0.1, -0.05) is 0 Å². The Labute approximate surface area is 98.9 Å². The average Bonchev–Trinajstić information content (AvgIpc) is 2.15. The first kappa shape index (κ1) is 14.3. The van der Waals surface area contributed by atoms with Crippen molar-refractivity contribution in [2.24, 2.45) is 0 Å². The van der Waals surface area contributed by atoms with Gasteiger partial charge in [-0.15, -0.1) is 15.5 Å². The number of pyridine rings is 1. The molecule has 0 saturated heterocycles. The molecule has 98 valence electrons. The van der Waals surface area contributed by atoms with Gasteiger partial charge in [0.2, 0.25) is 0 Å². The molecule has 0 bridgehead atoms. The number of aromatic nitrogens is 1. The third kappa shape index (κ3) is 2.41. The Hall–Kier alpha value is -0.770. The van der Waals surface area contributed by atoms with E-state index in [0.717, 1.165) is 0 Å². The molecule has 1 rings (SSSR count). The Morgan fingerprint density at radius 3 is 1.94 bits per heavy atom. The topological polar surface area (TPSA) is 12.9 Å². The molecular weight excluding hydrogens is 343 g/mol. The summed E-state index contributed by atoms with van der Waals surface area (Å²) in [7, 11) is -9.86. The Balaban J connectivity index is 3.63. The molecule has 0 N–H and O–H groups in total. The van der Waals surface area contributed by atoms with Crippen LogP contribution in [-0.4, -0.2) is 4.98 Å². The molecular formula is C7H3BrF7NS. The van der Waals surface area contributed by atoms with Gasteiger partial charge in [0.15, 0.2) is 5.03 Å². The lowest BCUT2D eigenvalue weighted by Crippen LogP contribution is -2.16. The molecule has 0 fully saturated rings. The monoisotopic (exact) mass is 345 g/mol. The van der Waals surface area contributed by atoms with Crippen LogP contribution < -0.4 is 0 Å². The zero-order valence-corrected chi connectivity index (χ0v) is 10.0. The van der Waals surface area contributed by atoms with Crippen molar-refractivity contribution in [1.29, 1.82) is 0 Å². The Morgan fingerprint density at radius 2 is 1.59 bits per heavy atom. The fourth-order valence-corrected chi connectivity index (χ4v) is 2.19. The van der Waals surface area contributed by atoms with Gasteiger partial charge in [0.05, 0.1) is 0 Å². The summed E-state index contributed by atoms with van der Waals surface area (Å²) in [6.07, 6.45) is -3.25. The van der Waals surface area contributed by atoms with Gasteiger partial charge in [-0.25, -0.2) is 4.98 Å². The van der Waals surface area contributed by atoms with E-state index in [-0.39, 0.29) is 10.5 Å². The van der Waals surface area contributed by atoms with Gasteiger partial charge in [-0.2, -0.15) is 13.2 Å². The van der Waals surface area contributed by atoms with Crippen LogP contribution in [0.25, 0.3) is 0 Å². The molecule has 1 aromatic rings. The lowest BCUT2D eigenvalue weighted by Gasteiger charge is -2.45. The van der Waals surface area contributed by atoms with Crippen molar-refractivity contribution in [2.45, 2.75) is 5.03 Å². The van der Waals surface area contributed by atoms with Crippen LogP contribution in [0.1, 0.15) is 0 Å². The summed E-state index contributed by atoms with van der Waals surface area (Å²) in [5.41, 5.74) is 0. The van der Waals surface area contributed by atoms with Gasteiger partial charge >= 0.3 is 6.08 Å². The number of halogens is 8. The summed E-state index contributed by atoms with van der Waals surface area (Å²) in [5.74, 6) is 0. The zero-order valence-electron chi connectivity index (χ0n) is 7.61. The van der Waals surface area contributed by atoms with Crippen LogP contribution in [0.15, 0.2) is 39.1 Å². The summed E-state index contributed by atoms with van der Waals surface area (Å²) >= 11 is 2.72. The fraction of sp³-hybridized carbons (Fsp3) is 0. The molecule has 0 spiro atoms. The molecule has 0 radical (unpaired) electrons. The molecule has 0 aliphatic carbocycles. The van der Waals surface area contributed by atoms with E-state index in [4.69, 9.17) is 0 Å². The molecule has 1 aromatic heterocycles. The van der Waals surface area contributed by atoms with Gasteiger partial charge in [0, 0.05) is 10.7 Å². The summed E-state index contributed by atoms with van der Waals surface area (Å²) < 4.78 is 88.4. The average molecular weight is 346 g/mol. The molecule has 10 heteroatoms. The molecule has 17 heavy (non-hydrogen) atoms. The van der Waals surface area contributed by atoms with Crippen LogP contribution in [0.5, 0.6) is 0 Å². The Kier molecular flexibility index (Phi) is 2.84. The van der Waals surface area contributed by atoms with Crippen LogP contribution in [0.3, 0.4) is 0 Å². The van der Waals surface area contributed by atoms with E-state index in [1.54, 1.807) is 0 Å². The van der Waals surface area contributed by atoms with Crippen LogP contribution in [0.4, 0.5) is 28.7 Å². The van der Waals surface area contributed by atoms with Crippen molar-refractivity contribution in [3.8, 4) is 0 Å². The molecule has 0 aliphatic heterocycles. The highest BCUT2D eigenvalue weighted by atomic mass is 79.9. The Morgan fingerprint density at radius 1 is 1.06 bits per heavy atom. The smallest absolute Gasteiger partial charge is 0.242 e. The third-order valence-electron chi connectivity index (χ3n) is 1.63. The summed E-state index contributed by atoms with van der Waals surface area (Å²) in [4.78, 5) is 2.60. The predicted molar refractivity (Wildman–Crippen MR) is 52.6 cm³/mol. The molecule has 0 aromatic carbocycles. The third-order valence-corrected chi connectivity index (χ3v) is 4.06. The summed E-state index contributed by atoms with van der Waals surface area (Å²) in [5, 5.41) is -6.35. The van der Waals surface area contributed by atoms with Crippen LogP contribution in [0.2, 0.25) is 0 Å². The van der Waals surface area contributed by atoms with E-state index in [1.807, 2.05) is 0 Å². The van der Waals surface area contributed by atoms with Gasteiger partial charge in [-0.05, 0) is 28.1 Å². The lowest BCUT2D eigenvalue weighted by atomic mass is 10.5. The zero-order chi connectivity index (χ0) is 13.5. The molecule has 0 aliphatic rings. The van der Waals surface area contributed by atoms with E-state index in [1.165, 1.54) is 0 Å². The van der Waals surface area contributed by atoms with Gasteiger partial charge < -0.3 is 0 Å². The van der Waals surface area contributed by atoms with Crippen molar-refractivity contribution < 1.29 is 28.7 Å². The SMILES string of the molecule is FC(F)=C(F)S(F)(F)(F)(F)c1ccc(Br)cn1. The first-order valence-electron chi connectivity index (χ1n) is 3.71. The largest absolute Gasteiger partial charge is 0.319 e. The highest BCUT2D eigenvalue weighted by molar-refractivity contribution is 9.10. The van der Waals surface area contributed by atoms with Crippen molar-refractivity contribution in [3.05, 3.63) is 34.0 Å². The number of rotatable bonds is 2. The number of hydrogen-bond donors (Lipinski definition) is 0. The molecule has 1 heterocycles. The van der Waals surface area contributed by atoms with E-state index in [9.17, 15) is 28.7 Å². The Bertz CT molecular complexity index is 486. The normalized spacial score (nSPS) is 16.0. The second-order valence-electron chi connectivity index (χ2n) is 2.92.